The van der Waals surface area contributed by atoms with Crippen LogP contribution in [0.5, 0.6) is 5.75 Å². The van der Waals surface area contributed by atoms with Gasteiger partial charge in [-0.05, 0) is 12.1 Å². The van der Waals surface area contributed by atoms with Crippen molar-refractivity contribution in [2.24, 2.45) is 0 Å². The Hall–Kier alpha value is -2.08. The molecule has 0 heterocycles. The average Bonchev–Trinajstić information content (AvgIpc) is 2.39. The number of hydrogen-bond donors (Lipinski definition) is 3. The second-order valence-electron chi connectivity index (χ2n) is 4.17. The molecular formula is C13H20N3O3+. The van der Waals surface area contributed by atoms with E-state index in [1.807, 2.05) is 37.4 Å². The van der Waals surface area contributed by atoms with Gasteiger partial charge in [0.05, 0.1) is 7.05 Å². The molecule has 1 aromatic rings. The quantitative estimate of drug-likeness (QED) is 0.621. The number of nitrogens with one attached hydrogen (secondary N) is 3. The van der Waals surface area contributed by atoms with Crippen LogP contribution in [0, 0.1) is 0 Å². The van der Waals surface area contributed by atoms with Crippen molar-refractivity contribution < 1.29 is 19.2 Å². The Morgan fingerprint density at radius 3 is 2.58 bits per heavy atom. The van der Waals surface area contributed by atoms with Crippen LogP contribution in [-0.2, 0) is 4.79 Å². The van der Waals surface area contributed by atoms with Gasteiger partial charge in [-0.25, -0.2) is 4.79 Å². The van der Waals surface area contributed by atoms with Gasteiger partial charge in [-0.2, -0.15) is 0 Å². The van der Waals surface area contributed by atoms with Crippen molar-refractivity contribution in [1.29, 1.82) is 0 Å². The third kappa shape index (κ3) is 6.42. The molecule has 6 nitrogen and oxygen atoms in total. The van der Waals surface area contributed by atoms with E-state index in [2.05, 4.69) is 10.6 Å². The summed E-state index contributed by atoms with van der Waals surface area (Å²) in [6.07, 6.45) is 0. The summed E-state index contributed by atoms with van der Waals surface area (Å²) in [6.45, 7) is 1.42. The molecule has 1 atom stereocenters. The first-order valence-corrected chi connectivity index (χ1v) is 6.12. The van der Waals surface area contributed by atoms with E-state index in [0.29, 0.717) is 13.2 Å². The van der Waals surface area contributed by atoms with Gasteiger partial charge in [0.15, 0.2) is 6.54 Å². The number of carbonyl (C=O) groups excluding carboxylic acids is 2. The Balaban J connectivity index is 2.19. The van der Waals surface area contributed by atoms with E-state index in [0.717, 1.165) is 10.6 Å². The summed E-state index contributed by atoms with van der Waals surface area (Å²) in [5, 5.41) is 4.55. The molecule has 0 radical (unpaired) electrons. The third-order valence-electron chi connectivity index (χ3n) is 2.48. The summed E-state index contributed by atoms with van der Waals surface area (Å²) in [5.41, 5.74) is 0. The van der Waals surface area contributed by atoms with E-state index in [9.17, 15) is 9.59 Å². The minimum atomic E-state index is -0.488. The highest BCUT2D eigenvalue weighted by molar-refractivity contribution is 5.94. The zero-order chi connectivity index (χ0) is 14.1. The van der Waals surface area contributed by atoms with Crippen LogP contribution < -0.4 is 20.3 Å². The fourth-order valence-electron chi connectivity index (χ4n) is 1.46. The largest absolute Gasteiger partial charge is 0.488 e. The molecule has 0 aliphatic rings. The molecule has 6 heteroatoms. The van der Waals surface area contributed by atoms with Crippen LogP contribution in [-0.4, -0.2) is 45.7 Å². The number of rotatable bonds is 6. The Morgan fingerprint density at radius 2 is 1.95 bits per heavy atom. The van der Waals surface area contributed by atoms with E-state index in [1.165, 1.54) is 7.05 Å². The molecule has 0 spiro atoms. The fraction of sp³-hybridized carbons (Fsp3) is 0.385. The van der Waals surface area contributed by atoms with Crippen LogP contribution in [0.1, 0.15) is 0 Å². The Bertz CT molecular complexity index is 409. The van der Waals surface area contributed by atoms with Gasteiger partial charge in [0.25, 0.3) is 5.91 Å². The molecule has 1 aromatic carbocycles. The number of ether oxygens (including phenoxy) is 1. The highest BCUT2D eigenvalue weighted by Crippen LogP contribution is 2.06. The molecule has 0 bridgehead atoms. The first-order chi connectivity index (χ1) is 9.11. The molecule has 3 amide bonds. The molecule has 104 valence electrons. The molecule has 1 unspecified atom stereocenters. The van der Waals surface area contributed by atoms with Crippen LogP contribution in [0.2, 0.25) is 0 Å². The number of urea groups is 1. The van der Waals surface area contributed by atoms with E-state index >= 15 is 0 Å². The smallest absolute Gasteiger partial charge is 0.321 e. The number of carbonyl (C=O) groups is 2. The van der Waals surface area contributed by atoms with Crippen LogP contribution in [0.25, 0.3) is 0 Å². The maximum Gasteiger partial charge on any atom is 0.321 e. The van der Waals surface area contributed by atoms with E-state index in [-0.39, 0.29) is 12.5 Å². The lowest BCUT2D eigenvalue weighted by atomic mass is 10.3. The van der Waals surface area contributed by atoms with Crippen molar-refractivity contribution in [1.82, 2.24) is 10.6 Å². The van der Waals surface area contributed by atoms with Crippen molar-refractivity contribution in [3.05, 3.63) is 30.3 Å². The van der Waals surface area contributed by atoms with Crippen molar-refractivity contribution in [3.8, 4) is 5.75 Å². The zero-order valence-corrected chi connectivity index (χ0v) is 11.2. The van der Waals surface area contributed by atoms with Crippen molar-refractivity contribution >= 4 is 11.9 Å². The average molecular weight is 266 g/mol. The summed E-state index contributed by atoms with van der Waals surface area (Å²) < 4.78 is 5.53. The molecule has 0 saturated carbocycles. The summed E-state index contributed by atoms with van der Waals surface area (Å²) in [4.78, 5) is 23.3. The van der Waals surface area contributed by atoms with Crippen LogP contribution in [0.15, 0.2) is 30.3 Å². The van der Waals surface area contributed by atoms with E-state index in [1.54, 1.807) is 0 Å². The number of para-hydroxylation sites is 1. The van der Waals surface area contributed by atoms with Crippen LogP contribution >= 0.6 is 0 Å². The number of likely N-dealkylation sites (N-methyl/N-ethyl adjacent to an activating group) is 1. The van der Waals surface area contributed by atoms with Crippen LogP contribution in [0.3, 0.4) is 0 Å². The van der Waals surface area contributed by atoms with E-state index < -0.39 is 6.03 Å². The Kier molecular flexibility index (Phi) is 6.38. The predicted octanol–water partition coefficient (Wildman–Crippen LogP) is -0.964. The van der Waals surface area contributed by atoms with Gasteiger partial charge in [0.2, 0.25) is 0 Å². The van der Waals surface area contributed by atoms with Gasteiger partial charge in [0.1, 0.15) is 18.9 Å². The van der Waals surface area contributed by atoms with Gasteiger partial charge in [-0.15, -0.1) is 0 Å². The maximum absolute atomic E-state index is 11.4. The number of hydrogen-bond acceptors (Lipinski definition) is 3. The minimum Gasteiger partial charge on any atom is -0.488 e. The Labute approximate surface area is 112 Å². The summed E-state index contributed by atoms with van der Waals surface area (Å²) in [6, 6.07) is 9.01. The summed E-state index contributed by atoms with van der Waals surface area (Å²) >= 11 is 0. The molecule has 0 aliphatic carbocycles. The molecule has 3 N–H and O–H groups in total. The normalized spacial score (nSPS) is 11.5. The molecule has 1 rings (SSSR count). The minimum absolute atomic E-state index is 0.228. The molecule has 0 saturated heterocycles. The maximum atomic E-state index is 11.4. The Morgan fingerprint density at radius 1 is 1.26 bits per heavy atom. The first kappa shape index (κ1) is 15.0. The third-order valence-corrected chi connectivity index (χ3v) is 2.48. The fourth-order valence-corrected chi connectivity index (χ4v) is 1.46. The van der Waals surface area contributed by atoms with E-state index in [4.69, 9.17) is 4.74 Å². The highest BCUT2D eigenvalue weighted by Gasteiger charge is 2.12. The van der Waals surface area contributed by atoms with Crippen molar-refractivity contribution in [3.63, 3.8) is 0 Å². The number of quaternary nitrogens is 1. The number of imide groups is 1. The standard InChI is InChI=1S/C13H19N3O3/c1-14-13(18)15-12(17)10-16(2)8-9-19-11-6-4-3-5-7-11/h3-7H,8-10H2,1-2H3,(H2,14,15,17,18)/p+1. The SMILES string of the molecule is CNC(=O)NC(=O)C[NH+](C)CCOc1ccccc1. The van der Waals surface area contributed by atoms with Gasteiger partial charge < -0.3 is 15.0 Å². The molecule has 0 aliphatic heterocycles. The summed E-state index contributed by atoms with van der Waals surface area (Å²) in [5.74, 6) is 0.502. The van der Waals surface area contributed by atoms with Gasteiger partial charge in [0, 0.05) is 7.05 Å². The van der Waals surface area contributed by atoms with Gasteiger partial charge in [-0.1, -0.05) is 18.2 Å². The zero-order valence-electron chi connectivity index (χ0n) is 11.2. The highest BCUT2D eigenvalue weighted by atomic mass is 16.5. The number of benzene rings is 1. The van der Waals surface area contributed by atoms with Crippen molar-refractivity contribution in [2.45, 2.75) is 0 Å². The second kappa shape index (κ2) is 8.10. The molecular weight excluding hydrogens is 246 g/mol. The predicted molar refractivity (Wildman–Crippen MR) is 71.2 cm³/mol. The molecule has 19 heavy (non-hydrogen) atoms. The lowest BCUT2D eigenvalue weighted by Crippen LogP contribution is -3.10. The molecule has 0 aromatic heterocycles. The monoisotopic (exact) mass is 266 g/mol. The summed E-state index contributed by atoms with van der Waals surface area (Å²) in [7, 11) is 3.34. The topological polar surface area (TPSA) is 71.9 Å². The molecule has 0 fully saturated rings. The van der Waals surface area contributed by atoms with Crippen LogP contribution in [0.4, 0.5) is 4.79 Å². The lowest BCUT2D eigenvalue weighted by Gasteiger charge is -2.13. The van der Waals surface area contributed by atoms with Gasteiger partial charge >= 0.3 is 6.03 Å². The number of amides is 3. The van der Waals surface area contributed by atoms with Gasteiger partial charge in [-0.3, -0.25) is 10.1 Å². The lowest BCUT2D eigenvalue weighted by molar-refractivity contribution is -0.871. The second-order valence-corrected chi connectivity index (χ2v) is 4.17. The first-order valence-electron chi connectivity index (χ1n) is 6.12. The van der Waals surface area contributed by atoms with Crippen molar-refractivity contribution in [2.75, 3.05) is 33.8 Å².